The zero-order valence-corrected chi connectivity index (χ0v) is 11.0. The summed E-state index contributed by atoms with van der Waals surface area (Å²) in [5.41, 5.74) is 4.73. The number of carboxylic acid groups (broad SMARTS) is 1. The van der Waals surface area contributed by atoms with Crippen LogP contribution in [0.5, 0.6) is 0 Å². The molecule has 4 N–H and O–H groups in total. The molecule has 0 aromatic heterocycles. The van der Waals surface area contributed by atoms with Gasteiger partial charge in [-0.1, -0.05) is 0 Å². The maximum absolute atomic E-state index is 13.4. The van der Waals surface area contributed by atoms with E-state index in [-0.39, 0.29) is 12.1 Å². The first-order valence-electron chi connectivity index (χ1n) is 5.22. The van der Waals surface area contributed by atoms with Crippen LogP contribution >= 0.6 is 0 Å². The Balaban J connectivity index is 3.23. The first-order valence-corrected chi connectivity index (χ1v) is 6.71. The van der Waals surface area contributed by atoms with Crippen molar-refractivity contribution in [3.63, 3.8) is 0 Å². The number of amides is 1. The number of nitrogens with one attached hydrogen (secondary N) is 1. The van der Waals surface area contributed by atoms with E-state index in [0.29, 0.717) is 0 Å². The molecule has 0 saturated carbocycles. The molecule has 7 nitrogen and oxygen atoms in total. The van der Waals surface area contributed by atoms with E-state index in [1.807, 2.05) is 0 Å². The fourth-order valence-corrected chi connectivity index (χ4v) is 2.72. The Hall–Kier alpha value is -2.14. The number of sulfonamides is 1. The highest BCUT2D eigenvalue weighted by atomic mass is 32.2. The monoisotopic (exact) mass is 326 g/mol. The number of benzene rings is 1. The van der Waals surface area contributed by atoms with Crippen molar-refractivity contribution in [1.29, 1.82) is 0 Å². The van der Waals surface area contributed by atoms with Crippen molar-refractivity contribution in [2.75, 3.05) is 0 Å². The summed E-state index contributed by atoms with van der Waals surface area (Å²) in [6.45, 7) is 0. The fourth-order valence-electron chi connectivity index (χ4n) is 1.41. The number of carboxylic acids is 1. The van der Waals surface area contributed by atoms with E-state index in [1.165, 1.54) is 4.72 Å². The van der Waals surface area contributed by atoms with Gasteiger partial charge < -0.3 is 10.8 Å². The number of nitrogens with two attached hydrogens (primary N) is 1. The second-order valence-corrected chi connectivity index (χ2v) is 5.53. The van der Waals surface area contributed by atoms with E-state index in [0.717, 1.165) is 0 Å². The van der Waals surface area contributed by atoms with E-state index in [2.05, 4.69) is 0 Å². The molecule has 21 heavy (non-hydrogen) atoms. The highest BCUT2D eigenvalue weighted by Crippen LogP contribution is 2.20. The number of aliphatic carboxylic acids is 1. The van der Waals surface area contributed by atoms with Crippen LogP contribution in [-0.2, 0) is 19.6 Å². The first-order chi connectivity index (χ1) is 9.54. The molecular weight excluding hydrogens is 317 g/mol. The lowest BCUT2D eigenvalue weighted by molar-refractivity contribution is -0.140. The summed E-state index contributed by atoms with van der Waals surface area (Å²) in [5, 5.41) is 8.73. The van der Waals surface area contributed by atoms with Crippen LogP contribution in [0.3, 0.4) is 0 Å². The van der Waals surface area contributed by atoms with Crippen LogP contribution in [0, 0.1) is 17.5 Å². The van der Waals surface area contributed by atoms with E-state index < -0.39 is 56.7 Å². The maximum Gasteiger partial charge on any atom is 0.322 e. The van der Waals surface area contributed by atoms with E-state index in [9.17, 15) is 31.2 Å². The van der Waals surface area contributed by atoms with Crippen LogP contribution in [-0.4, -0.2) is 31.4 Å². The lowest BCUT2D eigenvalue weighted by Gasteiger charge is -2.14. The van der Waals surface area contributed by atoms with Gasteiger partial charge in [-0.05, 0) is 0 Å². The van der Waals surface area contributed by atoms with Gasteiger partial charge in [0.15, 0.2) is 4.90 Å². The smallest absolute Gasteiger partial charge is 0.322 e. The summed E-state index contributed by atoms with van der Waals surface area (Å²) in [6, 6.07) is -1.79. The zero-order valence-electron chi connectivity index (χ0n) is 10.1. The molecule has 0 radical (unpaired) electrons. The van der Waals surface area contributed by atoms with E-state index in [4.69, 9.17) is 10.8 Å². The van der Waals surface area contributed by atoms with Crippen LogP contribution in [0.25, 0.3) is 0 Å². The predicted octanol–water partition coefficient (Wildman–Crippen LogP) is -0.289. The van der Waals surface area contributed by atoms with Crippen LogP contribution in [0.2, 0.25) is 0 Å². The Morgan fingerprint density at radius 1 is 1.24 bits per heavy atom. The van der Waals surface area contributed by atoms with Gasteiger partial charge in [-0.25, -0.2) is 21.6 Å². The molecule has 116 valence electrons. The fraction of sp³-hybridized carbons (Fsp3) is 0.200. The molecule has 1 aromatic carbocycles. The number of primary amides is 1. The van der Waals surface area contributed by atoms with Crippen molar-refractivity contribution in [3.05, 3.63) is 29.6 Å². The largest absolute Gasteiger partial charge is 0.480 e. The van der Waals surface area contributed by atoms with Gasteiger partial charge >= 0.3 is 5.97 Å². The summed E-state index contributed by atoms with van der Waals surface area (Å²) in [6.07, 6.45) is -0.932. The second-order valence-electron chi connectivity index (χ2n) is 3.88. The van der Waals surface area contributed by atoms with E-state index in [1.54, 1.807) is 0 Å². The molecule has 0 unspecified atom stereocenters. The minimum absolute atomic E-state index is 0.113. The third kappa shape index (κ3) is 4.16. The number of rotatable bonds is 6. The van der Waals surface area contributed by atoms with Gasteiger partial charge in [0.05, 0.1) is 6.42 Å². The van der Waals surface area contributed by atoms with Gasteiger partial charge in [0.25, 0.3) is 0 Å². The molecule has 1 atom stereocenters. The Morgan fingerprint density at radius 2 is 1.71 bits per heavy atom. The van der Waals surface area contributed by atoms with Crippen molar-refractivity contribution < 1.29 is 36.3 Å². The standard InChI is InChI=1S/C10H9F3N2O5S/c11-4-1-5(12)9(6(13)2-4)21(19,20)15-7(10(17)18)3-8(14)16/h1-2,7,15H,3H2,(H2,14,16)(H,17,18)/t7-/m1/s1. The summed E-state index contributed by atoms with van der Waals surface area (Å²) >= 11 is 0. The van der Waals surface area contributed by atoms with Crippen molar-refractivity contribution in [2.45, 2.75) is 17.4 Å². The van der Waals surface area contributed by atoms with Crippen molar-refractivity contribution in [1.82, 2.24) is 4.72 Å². The number of carbonyl (C=O) groups is 2. The van der Waals surface area contributed by atoms with Crippen molar-refractivity contribution >= 4 is 21.9 Å². The van der Waals surface area contributed by atoms with Crippen LogP contribution in [0.1, 0.15) is 6.42 Å². The Labute approximate surface area is 116 Å². The Kier molecular flexibility index (Phi) is 4.91. The third-order valence-electron chi connectivity index (χ3n) is 2.23. The van der Waals surface area contributed by atoms with E-state index >= 15 is 0 Å². The second kappa shape index (κ2) is 6.10. The number of carbonyl (C=O) groups excluding carboxylic acids is 1. The molecule has 11 heteroatoms. The average molecular weight is 326 g/mol. The maximum atomic E-state index is 13.4. The number of hydrogen-bond acceptors (Lipinski definition) is 4. The van der Waals surface area contributed by atoms with Crippen LogP contribution < -0.4 is 10.5 Å². The third-order valence-corrected chi connectivity index (χ3v) is 3.75. The Bertz CT molecular complexity index is 669. The molecule has 1 aromatic rings. The average Bonchev–Trinajstić information content (AvgIpc) is 2.24. The van der Waals surface area contributed by atoms with Crippen molar-refractivity contribution in [3.8, 4) is 0 Å². The molecule has 1 amide bonds. The lowest BCUT2D eigenvalue weighted by Crippen LogP contribution is -2.43. The van der Waals surface area contributed by atoms with Gasteiger partial charge in [-0.3, -0.25) is 9.59 Å². The molecule has 0 aliphatic carbocycles. The van der Waals surface area contributed by atoms with Gasteiger partial charge in [0.1, 0.15) is 23.5 Å². The molecule has 0 heterocycles. The summed E-state index contributed by atoms with van der Waals surface area (Å²) in [7, 11) is -4.98. The minimum atomic E-state index is -4.98. The molecule has 0 saturated heterocycles. The topological polar surface area (TPSA) is 127 Å². The summed E-state index contributed by atoms with van der Waals surface area (Å²) in [4.78, 5) is 19.9. The lowest BCUT2D eigenvalue weighted by atomic mass is 10.2. The summed E-state index contributed by atoms with van der Waals surface area (Å²) < 4.78 is 64.4. The molecule has 1 rings (SSSR count). The molecular formula is C10H9F3N2O5S. The van der Waals surface area contributed by atoms with Crippen molar-refractivity contribution in [2.24, 2.45) is 5.73 Å². The first kappa shape index (κ1) is 16.9. The molecule has 0 bridgehead atoms. The molecule has 0 spiro atoms. The summed E-state index contributed by atoms with van der Waals surface area (Å²) in [5.74, 6) is -7.77. The minimum Gasteiger partial charge on any atom is -0.480 e. The van der Waals surface area contributed by atoms with Crippen LogP contribution in [0.4, 0.5) is 13.2 Å². The predicted molar refractivity (Wildman–Crippen MR) is 61.9 cm³/mol. The highest BCUT2D eigenvalue weighted by Gasteiger charge is 2.31. The zero-order chi connectivity index (χ0) is 16.4. The van der Waals surface area contributed by atoms with Gasteiger partial charge in [0, 0.05) is 12.1 Å². The Morgan fingerprint density at radius 3 is 2.10 bits per heavy atom. The number of halogens is 3. The normalized spacial score (nSPS) is 12.9. The molecule has 0 aliphatic rings. The SMILES string of the molecule is NC(=O)C[C@@H](NS(=O)(=O)c1c(F)cc(F)cc1F)C(=O)O. The van der Waals surface area contributed by atoms with Crippen LogP contribution in [0.15, 0.2) is 17.0 Å². The van der Waals surface area contributed by atoms with Gasteiger partial charge in [-0.15, -0.1) is 0 Å². The number of hydrogen-bond donors (Lipinski definition) is 3. The molecule has 0 aliphatic heterocycles. The quantitative estimate of drug-likeness (QED) is 0.662. The van der Waals surface area contributed by atoms with Gasteiger partial charge in [0.2, 0.25) is 15.9 Å². The highest BCUT2D eigenvalue weighted by molar-refractivity contribution is 7.89. The van der Waals surface area contributed by atoms with Gasteiger partial charge in [-0.2, -0.15) is 4.72 Å². The molecule has 0 fully saturated rings.